The highest BCUT2D eigenvalue weighted by Gasteiger charge is 2.42. The lowest BCUT2D eigenvalue weighted by molar-refractivity contribution is -0.211. The number of hydrogen-bond acceptors (Lipinski definition) is 4. The molecule has 4 heteroatoms. The fourth-order valence-corrected chi connectivity index (χ4v) is 1.42. The first-order valence-corrected chi connectivity index (χ1v) is 3.40. The van der Waals surface area contributed by atoms with Crippen molar-refractivity contribution < 1.29 is 19.7 Å². The van der Waals surface area contributed by atoms with Crippen LogP contribution in [0.1, 0.15) is 6.42 Å². The molecule has 0 radical (unpaired) electrons. The lowest BCUT2D eigenvalue weighted by Gasteiger charge is -2.27. The smallest absolute Gasteiger partial charge is 0.183 e. The van der Waals surface area contributed by atoms with E-state index in [0.29, 0.717) is 13.0 Å². The van der Waals surface area contributed by atoms with Crippen molar-refractivity contribution in [3.05, 3.63) is 0 Å². The molecule has 0 aromatic carbocycles. The van der Waals surface area contributed by atoms with Gasteiger partial charge in [0.2, 0.25) is 0 Å². The first kappa shape index (κ1) is 6.54. The zero-order valence-corrected chi connectivity index (χ0v) is 5.43. The molecule has 0 amide bonds. The minimum Gasteiger partial charge on any atom is -0.385 e. The van der Waals surface area contributed by atoms with Gasteiger partial charge in [0, 0.05) is 6.42 Å². The molecule has 2 aliphatic heterocycles. The second-order valence-corrected chi connectivity index (χ2v) is 2.75. The monoisotopic (exact) mass is 146 g/mol. The molecule has 2 heterocycles. The largest absolute Gasteiger partial charge is 0.385 e. The van der Waals surface area contributed by atoms with Gasteiger partial charge in [-0.1, -0.05) is 0 Å². The molecule has 4 atom stereocenters. The summed E-state index contributed by atoms with van der Waals surface area (Å²) in [6.07, 6.45) is -1.43. The van der Waals surface area contributed by atoms with Gasteiger partial charge in [-0.05, 0) is 0 Å². The van der Waals surface area contributed by atoms with Crippen molar-refractivity contribution in [1.29, 1.82) is 0 Å². The average Bonchev–Trinajstić information content (AvgIpc) is 2.29. The van der Waals surface area contributed by atoms with E-state index in [1.54, 1.807) is 0 Å². The van der Waals surface area contributed by atoms with E-state index in [0.717, 1.165) is 0 Å². The van der Waals surface area contributed by atoms with Crippen LogP contribution < -0.4 is 0 Å². The van der Waals surface area contributed by atoms with Gasteiger partial charge in [-0.15, -0.1) is 0 Å². The first-order valence-electron chi connectivity index (χ1n) is 3.40. The summed E-state index contributed by atoms with van der Waals surface area (Å²) in [4.78, 5) is 0. The summed E-state index contributed by atoms with van der Waals surface area (Å²) < 4.78 is 10.1. The van der Waals surface area contributed by atoms with Gasteiger partial charge < -0.3 is 19.7 Å². The predicted molar refractivity (Wildman–Crippen MR) is 31.2 cm³/mol. The van der Waals surface area contributed by atoms with E-state index in [-0.39, 0.29) is 12.2 Å². The molecule has 0 aliphatic carbocycles. The van der Waals surface area contributed by atoms with Gasteiger partial charge in [-0.3, -0.25) is 0 Å². The van der Waals surface area contributed by atoms with Crippen LogP contribution in [0, 0.1) is 0 Å². The van der Waals surface area contributed by atoms with Gasteiger partial charge in [0.05, 0.1) is 18.8 Å². The molecule has 2 N–H and O–H groups in total. The quantitative estimate of drug-likeness (QED) is 0.453. The Kier molecular flexibility index (Phi) is 1.42. The second-order valence-electron chi connectivity index (χ2n) is 2.75. The molecule has 0 saturated carbocycles. The van der Waals surface area contributed by atoms with Crippen LogP contribution in [0.4, 0.5) is 0 Å². The van der Waals surface area contributed by atoms with Crippen molar-refractivity contribution in [2.45, 2.75) is 31.0 Å². The normalized spacial score (nSPS) is 53.4. The van der Waals surface area contributed by atoms with Crippen LogP contribution in [-0.2, 0) is 9.47 Å². The molecule has 10 heavy (non-hydrogen) atoms. The second kappa shape index (κ2) is 2.17. The molecule has 0 aromatic rings. The summed E-state index contributed by atoms with van der Waals surface area (Å²) in [5, 5.41) is 18.2. The number of aliphatic hydroxyl groups excluding tert-OH is 2. The molecule has 0 spiro atoms. The number of aliphatic hydroxyl groups is 2. The summed E-state index contributed by atoms with van der Waals surface area (Å²) in [6.45, 7) is 0.499. The van der Waals surface area contributed by atoms with E-state index < -0.39 is 12.4 Å². The van der Waals surface area contributed by atoms with Crippen LogP contribution in [0.25, 0.3) is 0 Å². The fraction of sp³-hybridized carbons (Fsp3) is 1.00. The van der Waals surface area contributed by atoms with Crippen LogP contribution in [0.2, 0.25) is 0 Å². The highest BCUT2D eigenvalue weighted by molar-refractivity contribution is 4.86. The minimum atomic E-state index is -1.05. The Morgan fingerprint density at radius 2 is 2.10 bits per heavy atom. The Balaban J connectivity index is 2.09. The van der Waals surface area contributed by atoms with Gasteiger partial charge >= 0.3 is 0 Å². The molecule has 4 nitrogen and oxygen atoms in total. The summed E-state index contributed by atoms with van der Waals surface area (Å²) >= 11 is 0. The summed E-state index contributed by atoms with van der Waals surface area (Å²) in [5.41, 5.74) is 0. The maximum absolute atomic E-state index is 9.16. The van der Waals surface area contributed by atoms with Crippen molar-refractivity contribution in [1.82, 2.24) is 0 Å². The maximum atomic E-state index is 9.16. The lowest BCUT2D eigenvalue weighted by atomic mass is 10.1. The third-order valence-corrected chi connectivity index (χ3v) is 2.00. The molecule has 2 bridgehead atoms. The van der Waals surface area contributed by atoms with E-state index in [9.17, 15) is 0 Å². The van der Waals surface area contributed by atoms with Gasteiger partial charge in [-0.2, -0.15) is 0 Å². The van der Waals surface area contributed by atoms with Gasteiger partial charge in [-0.25, -0.2) is 0 Å². The van der Waals surface area contributed by atoms with Crippen molar-refractivity contribution >= 4 is 0 Å². The van der Waals surface area contributed by atoms with Crippen LogP contribution >= 0.6 is 0 Å². The van der Waals surface area contributed by atoms with Gasteiger partial charge in [0.25, 0.3) is 0 Å². The molecule has 2 fully saturated rings. The number of ether oxygens (including phenoxy) is 2. The topological polar surface area (TPSA) is 58.9 Å². The van der Waals surface area contributed by atoms with Crippen LogP contribution in [0.15, 0.2) is 0 Å². The van der Waals surface area contributed by atoms with Crippen LogP contribution in [0.5, 0.6) is 0 Å². The maximum Gasteiger partial charge on any atom is 0.183 e. The van der Waals surface area contributed by atoms with Crippen molar-refractivity contribution in [2.24, 2.45) is 0 Å². The highest BCUT2D eigenvalue weighted by Crippen LogP contribution is 2.27. The van der Waals surface area contributed by atoms with E-state index in [1.165, 1.54) is 0 Å². The number of rotatable bonds is 0. The van der Waals surface area contributed by atoms with E-state index in [1.807, 2.05) is 0 Å². The Hall–Kier alpha value is -0.160. The van der Waals surface area contributed by atoms with Gasteiger partial charge in [0.1, 0.15) is 6.10 Å². The summed E-state index contributed by atoms with van der Waals surface area (Å²) in [7, 11) is 0. The van der Waals surface area contributed by atoms with E-state index in [4.69, 9.17) is 19.7 Å². The fourth-order valence-electron chi connectivity index (χ4n) is 1.42. The summed E-state index contributed by atoms with van der Waals surface area (Å²) in [5.74, 6) is 0. The van der Waals surface area contributed by atoms with Crippen LogP contribution in [-0.4, -0.2) is 41.4 Å². The molecular formula is C6H10O4. The highest BCUT2D eigenvalue weighted by atomic mass is 16.7. The molecule has 2 saturated heterocycles. The van der Waals surface area contributed by atoms with Crippen LogP contribution in [0.3, 0.4) is 0 Å². The molecule has 2 unspecified atom stereocenters. The number of fused-ring (bicyclic) bond motifs is 2. The zero-order chi connectivity index (χ0) is 7.14. The van der Waals surface area contributed by atoms with E-state index in [2.05, 4.69) is 0 Å². The van der Waals surface area contributed by atoms with Crippen molar-refractivity contribution in [2.75, 3.05) is 6.61 Å². The SMILES string of the molecule is OC1[C@@H](O)OC2CO[C@@H]1C2. The number of hydrogen-bond donors (Lipinski definition) is 2. The van der Waals surface area contributed by atoms with Crippen molar-refractivity contribution in [3.63, 3.8) is 0 Å². The third-order valence-electron chi connectivity index (χ3n) is 2.00. The van der Waals surface area contributed by atoms with Crippen molar-refractivity contribution in [3.8, 4) is 0 Å². The van der Waals surface area contributed by atoms with Gasteiger partial charge in [0.15, 0.2) is 6.29 Å². The molecule has 2 rings (SSSR count). The summed E-state index contributed by atoms with van der Waals surface area (Å²) in [6, 6.07) is 0. The predicted octanol–water partition coefficient (Wildman–Crippen LogP) is -1.15. The Morgan fingerprint density at radius 3 is 2.90 bits per heavy atom. The first-order chi connectivity index (χ1) is 4.77. The Morgan fingerprint density at radius 1 is 1.30 bits per heavy atom. The average molecular weight is 146 g/mol. The molecule has 58 valence electrons. The Labute approximate surface area is 58.4 Å². The lowest BCUT2D eigenvalue weighted by Crippen LogP contribution is -2.43. The Bertz CT molecular complexity index is 138. The minimum absolute atomic E-state index is 0.0107. The molecule has 0 aromatic heterocycles. The standard InChI is InChI=1S/C6H10O4/c7-5-4-1-3(2-9-4)10-6(5)8/h3-8H,1-2H2/t3?,4-,5?,6+/m1/s1. The molecular weight excluding hydrogens is 136 g/mol. The van der Waals surface area contributed by atoms with E-state index >= 15 is 0 Å². The third kappa shape index (κ3) is 0.845. The molecule has 2 aliphatic rings. The zero-order valence-electron chi connectivity index (χ0n) is 5.43.